The predicted molar refractivity (Wildman–Crippen MR) is 60.0 cm³/mol. The lowest BCUT2D eigenvalue weighted by molar-refractivity contribution is -0.127. The minimum absolute atomic E-state index is 0.00134. The molecule has 0 aromatic carbocycles. The van der Waals surface area contributed by atoms with E-state index in [2.05, 4.69) is 24.5 Å². The normalized spacial score (nSPS) is 50.8. The summed E-state index contributed by atoms with van der Waals surface area (Å²) < 4.78 is 0. The van der Waals surface area contributed by atoms with Gasteiger partial charge in [0.1, 0.15) is 5.54 Å². The number of hydrogen-bond donors (Lipinski definition) is 3. The molecule has 3 aliphatic rings. The summed E-state index contributed by atoms with van der Waals surface area (Å²) in [5, 5.41) is 15.3. The van der Waals surface area contributed by atoms with E-state index in [1.807, 2.05) is 6.92 Å². The summed E-state index contributed by atoms with van der Waals surface area (Å²) in [6.07, 6.45) is 0.714. The Hall–Kier alpha value is -1.10. The maximum atomic E-state index is 12.1. The second kappa shape index (κ2) is 2.66. The molecule has 4 atom stereocenters. The van der Waals surface area contributed by atoms with Crippen LogP contribution in [0.3, 0.4) is 0 Å². The number of carbonyl (C=O) groups excluding carboxylic acids is 2. The second-order valence-corrected chi connectivity index (χ2v) is 6.50. The molecule has 2 saturated carbocycles. The number of imide groups is 1. The molecule has 1 saturated heterocycles. The van der Waals surface area contributed by atoms with Crippen molar-refractivity contribution in [1.82, 2.24) is 10.6 Å². The lowest BCUT2D eigenvalue weighted by atomic mass is 9.70. The Bertz CT molecular complexity index is 433. The summed E-state index contributed by atoms with van der Waals surface area (Å²) in [4.78, 5) is 23.4. The van der Waals surface area contributed by atoms with Gasteiger partial charge in [-0.2, -0.15) is 0 Å². The molecule has 5 heteroatoms. The van der Waals surface area contributed by atoms with Crippen molar-refractivity contribution in [3.8, 4) is 0 Å². The van der Waals surface area contributed by atoms with Gasteiger partial charge in [-0.05, 0) is 24.2 Å². The Morgan fingerprint density at radius 3 is 2.29 bits per heavy atom. The van der Waals surface area contributed by atoms with E-state index in [0.717, 1.165) is 0 Å². The number of carbonyl (C=O) groups is 2. The third kappa shape index (κ3) is 0.957. The van der Waals surface area contributed by atoms with Crippen molar-refractivity contribution in [3.05, 3.63) is 0 Å². The van der Waals surface area contributed by atoms with E-state index in [-0.39, 0.29) is 22.7 Å². The molecule has 1 aliphatic heterocycles. The molecule has 3 amide bonds. The van der Waals surface area contributed by atoms with Gasteiger partial charge >= 0.3 is 6.03 Å². The van der Waals surface area contributed by atoms with Crippen LogP contribution >= 0.6 is 0 Å². The van der Waals surface area contributed by atoms with Crippen molar-refractivity contribution < 1.29 is 14.7 Å². The van der Waals surface area contributed by atoms with Crippen molar-refractivity contribution in [2.45, 2.75) is 45.3 Å². The maximum Gasteiger partial charge on any atom is 0.322 e. The van der Waals surface area contributed by atoms with Crippen LogP contribution in [-0.4, -0.2) is 28.7 Å². The Labute approximate surface area is 100.0 Å². The summed E-state index contributed by atoms with van der Waals surface area (Å²) >= 11 is 0. The van der Waals surface area contributed by atoms with E-state index < -0.39 is 17.7 Å². The Morgan fingerprint density at radius 1 is 1.29 bits per heavy atom. The van der Waals surface area contributed by atoms with Crippen molar-refractivity contribution in [3.63, 3.8) is 0 Å². The van der Waals surface area contributed by atoms with Gasteiger partial charge in [-0.3, -0.25) is 10.1 Å². The molecule has 1 heterocycles. The molecule has 3 N–H and O–H groups in total. The number of nitrogens with one attached hydrogen (secondary N) is 2. The fourth-order valence-corrected chi connectivity index (χ4v) is 4.35. The highest BCUT2D eigenvalue weighted by Crippen LogP contribution is 2.69. The molecule has 2 bridgehead atoms. The van der Waals surface area contributed by atoms with Crippen LogP contribution in [0.1, 0.15) is 33.6 Å². The lowest BCUT2D eigenvalue weighted by Gasteiger charge is -2.37. The van der Waals surface area contributed by atoms with E-state index in [9.17, 15) is 14.7 Å². The van der Waals surface area contributed by atoms with Crippen molar-refractivity contribution in [1.29, 1.82) is 0 Å². The van der Waals surface area contributed by atoms with E-state index >= 15 is 0 Å². The van der Waals surface area contributed by atoms with Crippen LogP contribution in [-0.2, 0) is 4.79 Å². The van der Waals surface area contributed by atoms with Crippen LogP contribution in [0.4, 0.5) is 4.79 Å². The van der Waals surface area contributed by atoms with Crippen LogP contribution in [0.15, 0.2) is 0 Å². The average molecular weight is 238 g/mol. The Morgan fingerprint density at radius 2 is 1.94 bits per heavy atom. The first-order chi connectivity index (χ1) is 7.74. The van der Waals surface area contributed by atoms with Gasteiger partial charge in [-0.15, -0.1) is 0 Å². The zero-order chi connectivity index (χ0) is 12.6. The van der Waals surface area contributed by atoms with Gasteiger partial charge in [0.25, 0.3) is 5.91 Å². The fourth-order valence-electron chi connectivity index (χ4n) is 4.35. The van der Waals surface area contributed by atoms with Gasteiger partial charge in [0.2, 0.25) is 0 Å². The van der Waals surface area contributed by atoms with Crippen LogP contribution in [0.2, 0.25) is 0 Å². The summed E-state index contributed by atoms with van der Waals surface area (Å²) in [6.45, 7) is 6.19. The molecule has 94 valence electrons. The average Bonchev–Trinajstić information content (AvgIpc) is 2.61. The Balaban J connectivity index is 2.10. The first kappa shape index (κ1) is 11.0. The van der Waals surface area contributed by atoms with Gasteiger partial charge in [0, 0.05) is 5.41 Å². The van der Waals surface area contributed by atoms with E-state index in [1.54, 1.807) is 0 Å². The topological polar surface area (TPSA) is 78.4 Å². The van der Waals surface area contributed by atoms with Gasteiger partial charge in [0.05, 0.1) is 6.10 Å². The molecule has 0 unspecified atom stereocenters. The molecule has 1 spiro atoms. The van der Waals surface area contributed by atoms with Gasteiger partial charge in [-0.25, -0.2) is 4.79 Å². The summed E-state index contributed by atoms with van der Waals surface area (Å²) in [6, 6.07) is -0.406. The van der Waals surface area contributed by atoms with Crippen LogP contribution < -0.4 is 10.6 Å². The van der Waals surface area contributed by atoms with Crippen molar-refractivity contribution >= 4 is 11.9 Å². The van der Waals surface area contributed by atoms with Gasteiger partial charge in [0.15, 0.2) is 0 Å². The molecular formula is C12H18N2O3. The maximum absolute atomic E-state index is 12.1. The summed E-state index contributed by atoms with van der Waals surface area (Å²) in [7, 11) is 0. The lowest BCUT2D eigenvalue weighted by Crippen LogP contribution is -2.54. The van der Waals surface area contributed by atoms with Gasteiger partial charge in [-0.1, -0.05) is 20.8 Å². The number of fused-ring (bicyclic) bond motifs is 3. The van der Waals surface area contributed by atoms with E-state index in [1.165, 1.54) is 0 Å². The number of hydrogen-bond acceptors (Lipinski definition) is 3. The highest BCUT2D eigenvalue weighted by atomic mass is 16.3. The predicted octanol–water partition coefficient (Wildman–Crippen LogP) is 0.382. The number of urea groups is 1. The second-order valence-electron chi connectivity index (χ2n) is 6.50. The number of rotatable bonds is 0. The molecular weight excluding hydrogens is 220 g/mol. The molecule has 0 aromatic rings. The monoisotopic (exact) mass is 238 g/mol. The quantitative estimate of drug-likeness (QED) is 0.534. The zero-order valence-corrected chi connectivity index (χ0v) is 10.3. The van der Waals surface area contributed by atoms with E-state index in [0.29, 0.717) is 12.8 Å². The van der Waals surface area contributed by atoms with E-state index in [4.69, 9.17) is 0 Å². The highest BCUT2D eigenvalue weighted by Gasteiger charge is 2.74. The highest BCUT2D eigenvalue weighted by molar-refractivity contribution is 6.07. The molecule has 0 aromatic heterocycles. The number of aliphatic hydroxyl groups is 1. The molecule has 17 heavy (non-hydrogen) atoms. The third-order valence-corrected chi connectivity index (χ3v) is 5.75. The molecule has 5 nitrogen and oxygen atoms in total. The van der Waals surface area contributed by atoms with Crippen LogP contribution in [0.25, 0.3) is 0 Å². The van der Waals surface area contributed by atoms with Crippen molar-refractivity contribution in [2.24, 2.45) is 16.7 Å². The standard InChI is InChI=1S/C12H18N2O3/c1-10(2)6-4-7(15)11(10,3)5-12(6)8(16)13-9(17)14-12/h6-7,15H,4-5H2,1-3H3,(H2,13,14,16,17)/t6-,7+,11-,12-/m1/s1. The minimum atomic E-state index is -0.797. The summed E-state index contributed by atoms with van der Waals surface area (Å²) in [5.41, 5.74) is -1.26. The number of amides is 3. The Kier molecular flexibility index (Phi) is 1.72. The zero-order valence-electron chi connectivity index (χ0n) is 10.3. The first-order valence-electron chi connectivity index (χ1n) is 6.06. The minimum Gasteiger partial charge on any atom is -0.393 e. The van der Waals surface area contributed by atoms with Crippen LogP contribution in [0, 0.1) is 16.7 Å². The fraction of sp³-hybridized carbons (Fsp3) is 0.833. The van der Waals surface area contributed by atoms with Crippen LogP contribution in [0.5, 0.6) is 0 Å². The smallest absolute Gasteiger partial charge is 0.322 e. The number of aliphatic hydroxyl groups excluding tert-OH is 1. The largest absolute Gasteiger partial charge is 0.393 e. The van der Waals surface area contributed by atoms with Crippen molar-refractivity contribution in [2.75, 3.05) is 0 Å². The van der Waals surface area contributed by atoms with Gasteiger partial charge < -0.3 is 10.4 Å². The molecule has 0 radical (unpaired) electrons. The summed E-state index contributed by atoms with van der Waals surface area (Å²) in [5.74, 6) is -0.224. The first-order valence-corrected chi connectivity index (χ1v) is 6.06. The molecule has 3 fully saturated rings. The SMILES string of the molecule is CC1(C)[C@H]2C[C@H](O)[C@@]1(C)C[C@@]21NC(=O)NC1=O. The third-order valence-electron chi connectivity index (χ3n) is 5.75. The molecule has 2 aliphatic carbocycles. The molecule has 3 rings (SSSR count).